The Bertz CT molecular complexity index is 1240. The van der Waals surface area contributed by atoms with E-state index in [-0.39, 0.29) is 31.2 Å². The Morgan fingerprint density at radius 3 is 2.37 bits per heavy atom. The molecule has 1 unspecified atom stereocenters. The van der Waals surface area contributed by atoms with Crippen LogP contribution in [0.5, 0.6) is 0 Å². The highest BCUT2D eigenvalue weighted by Gasteiger charge is 2.40. The molecule has 200 valence electrons. The maximum Gasteiger partial charge on any atom is 0.255 e. The molecule has 0 bridgehead atoms. The quantitative estimate of drug-likeness (QED) is 0.600. The molecule has 2 aromatic carbocycles. The third kappa shape index (κ3) is 4.86. The maximum atomic E-state index is 15.2. The number of benzene rings is 2. The van der Waals surface area contributed by atoms with E-state index in [9.17, 15) is 14.4 Å². The smallest absolute Gasteiger partial charge is 0.255 e. The molecule has 2 aromatic rings. The summed E-state index contributed by atoms with van der Waals surface area (Å²) in [5.41, 5.74) is 4.00. The van der Waals surface area contributed by atoms with Crippen LogP contribution < -0.4 is 15.1 Å². The van der Waals surface area contributed by atoms with Crippen LogP contribution >= 0.6 is 0 Å². The first kappa shape index (κ1) is 24.8. The molecule has 3 fully saturated rings. The van der Waals surface area contributed by atoms with Crippen LogP contribution in [-0.2, 0) is 27.4 Å². The molecule has 1 atom stereocenters. The number of morpholine rings is 1. The molecule has 1 N–H and O–H groups in total. The second-order valence-corrected chi connectivity index (χ2v) is 10.4. The van der Waals surface area contributed by atoms with Crippen LogP contribution in [0.15, 0.2) is 36.4 Å². The number of fused-ring (bicyclic) bond motifs is 1. The molecule has 0 aliphatic carbocycles. The summed E-state index contributed by atoms with van der Waals surface area (Å²) < 4.78 is 20.6. The Kier molecular flexibility index (Phi) is 6.75. The van der Waals surface area contributed by atoms with E-state index in [0.717, 1.165) is 51.5 Å². The summed E-state index contributed by atoms with van der Waals surface area (Å²) in [6.07, 6.45) is 0.482. The van der Waals surface area contributed by atoms with Crippen molar-refractivity contribution in [1.29, 1.82) is 0 Å². The summed E-state index contributed by atoms with van der Waals surface area (Å²) in [5.74, 6) is -1.57. The minimum atomic E-state index is -0.703. The van der Waals surface area contributed by atoms with Crippen LogP contribution in [0.1, 0.15) is 34.3 Å². The van der Waals surface area contributed by atoms with Gasteiger partial charge in [0, 0.05) is 70.0 Å². The number of piperidine rings is 1. The van der Waals surface area contributed by atoms with Gasteiger partial charge in [-0.15, -0.1) is 0 Å². The van der Waals surface area contributed by atoms with Crippen molar-refractivity contribution >= 4 is 29.1 Å². The lowest BCUT2D eigenvalue weighted by atomic mass is 10.0. The number of carbonyl (C=O) groups excluding carboxylic acids is 3. The average Bonchev–Trinajstić information content (AvgIpc) is 3.24. The zero-order valence-corrected chi connectivity index (χ0v) is 21.3. The number of anilines is 2. The molecule has 4 aliphatic rings. The predicted octanol–water partition coefficient (Wildman–Crippen LogP) is 1.75. The molecule has 4 aliphatic heterocycles. The van der Waals surface area contributed by atoms with Crippen LogP contribution in [0.25, 0.3) is 0 Å². The molecule has 38 heavy (non-hydrogen) atoms. The van der Waals surface area contributed by atoms with Crippen LogP contribution in [0.3, 0.4) is 0 Å². The number of carbonyl (C=O) groups is 3. The number of nitrogens with zero attached hydrogens (tertiary/aromatic N) is 4. The van der Waals surface area contributed by atoms with E-state index < -0.39 is 17.8 Å². The molecule has 0 radical (unpaired) electrons. The van der Waals surface area contributed by atoms with Gasteiger partial charge < -0.3 is 19.4 Å². The van der Waals surface area contributed by atoms with Gasteiger partial charge in [-0.2, -0.15) is 0 Å². The third-order valence-corrected chi connectivity index (χ3v) is 8.02. The number of ether oxygens (including phenoxy) is 1. The molecule has 0 spiro atoms. The molecular weight excluding hydrogens is 489 g/mol. The molecular formula is C28H32FN5O4. The minimum Gasteiger partial charge on any atom is -0.378 e. The van der Waals surface area contributed by atoms with Crippen LogP contribution in [0.4, 0.5) is 15.8 Å². The van der Waals surface area contributed by atoms with Gasteiger partial charge in [-0.3, -0.25) is 24.6 Å². The molecule has 6 rings (SSSR count). The highest BCUT2D eigenvalue weighted by molar-refractivity contribution is 6.05. The van der Waals surface area contributed by atoms with Gasteiger partial charge in [-0.1, -0.05) is 12.1 Å². The third-order valence-electron chi connectivity index (χ3n) is 8.02. The largest absolute Gasteiger partial charge is 0.378 e. The number of hydrogen-bond acceptors (Lipinski definition) is 7. The van der Waals surface area contributed by atoms with Gasteiger partial charge in [0.25, 0.3) is 5.91 Å². The van der Waals surface area contributed by atoms with Crippen molar-refractivity contribution in [3.05, 3.63) is 58.9 Å². The fourth-order valence-electron chi connectivity index (χ4n) is 5.86. The summed E-state index contributed by atoms with van der Waals surface area (Å²) in [7, 11) is 0. The Balaban J connectivity index is 1.07. The SMILES string of the molecule is O=C1CCC(N2Cc3cc(N4CCN(Cc5ccc(N6CCOCC6)cc5)CC4)c(F)cc3C2=O)C(=O)N1. The van der Waals surface area contributed by atoms with Gasteiger partial charge in [0.1, 0.15) is 11.9 Å². The van der Waals surface area contributed by atoms with Gasteiger partial charge in [-0.05, 0) is 41.8 Å². The lowest BCUT2D eigenvalue weighted by molar-refractivity contribution is -0.136. The van der Waals surface area contributed by atoms with Gasteiger partial charge >= 0.3 is 0 Å². The number of piperazine rings is 1. The minimum absolute atomic E-state index is 0.193. The Morgan fingerprint density at radius 2 is 1.66 bits per heavy atom. The summed E-state index contributed by atoms with van der Waals surface area (Å²) in [6.45, 7) is 7.46. The number of amides is 3. The van der Waals surface area contributed by atoms with Crippen LogP contribution in [0.2, 0.25) is 0 Å². The van der Waals surface area contributed by atoms with E-state index in [4.69, 9.17) is 4.74 Å². The monoisotopic (exact) mass is 521 g/mol. The first-order valence-electron chi connectivity index (χ1n) is 13.3. The van der Waals surface area contributed by atoms with E-state index in [1.807, 2.05) is 4.90 Å². The van der Waals surface area contributed by atoms with Crippen LogP contribution in [0, 0.1) is 5.82 Å². The van der Waals surface area contributed by atoms with E-state index >= 15 is 4.39 Å². The first-order chi connectivity index (χ1) is 18.5. The molecule has 0 saturated carbocycles. The van der Waals surface area contributed by atoms with E-state index in [0.29, 0.717) is 24.3 Å². The van der Waals surface area contributed by atoms with Crippen molar-refractivity contribution < 1.29 is 23.5 Å². The van der Waals surface area contributed by atoms with Gasteiger partial charge in [0.2, 0.25) is 11.8 Å². The molecule has 10 heteroatoms. The van der Waals surface area contributed by atoms with Crippen molar-refractivity contribution in [2.24, 2.45) is 0 Å². The van der Waals surface area contributed by atoms with Gasteiger partial charge in [0.15, 0.2) is 0 Å². The molecule has 3 saturated heterocycles. The van der Waals surface area contributed by atoms with Gasteiger partial charge in [-0.25, -0.2) is 4.39 Å². The lowest BCUT2D eigenvalue weighted by Crippen LogP contribution is -2.52. The predicted molar refractivity (Wildman–Crippen MR) is 139 cm³/mol. The number of hydrogen-bond donors (Lipinski definition) is 1. The fraction of sp³-hybridized carbons (Fsp3) is 0.464. The highest BCUT2D eigenvalue weighted by atomic mass is 19.1. The maximum absolute atomic E-state index is 15.2. The lowest BCUT2D eigenvalue weighted by Gasteiger charge is -2.36. The van der Waals surface area contributed by atoms with Crippen LogP contribution in [-0.4, -0.2) is 86.0 Å². The van der Waals surface area contributed by atoms with Crippen molar-refractivity contribution in [3.63, 3.8) is 0 Å². The average molecular weight is 522 g/mol. The molecule has 4 heterocycles. The zero-order chi connectivity index (χ0) is 26.2. The number of rotatable bonds is 5. The Hall–Kier alpha value is -3.50. The van der Waals surface area contributed by atoms with Gasteiger partial charge in [0.05, 0.1) is 18.9 Å². The standard InChI is InChI=1S/C28H32FN5O4/c29-23-16-22-20(18-34(28(22)37)24-5-6-26(35)30-27(24)36)15-25(23)33-9-7-31(8-10-33)17-19-1-3-21(4-2-19)32-11-13-38-14-12-32/h1-4,15-16,24H,5-14,17-18H2,(H,30,35,36). The van der Waals surface area contributed by atoms with E-state index in [1.165, 1.54) is 22.2 Å². The second kappa shape index (κ2) is 10.3. The molecule has 9 nitrogen and oxygen atoms in total. The Labute approximate surface area is 221 Å². The fourth-order valence-corrected chi connectivity index (χ4v) is 5.86. The summed E-state index contributed by atoms with van der Waals surface area (Å²) in [6, 6.07) is 11.1. The zero-order valence-electron chi connectivity index (χ0n) is 21.3. The number of halogens is 1. The highest BCUT2D eigenvalue weighted by Crippen LogP contribution is 2.33. The second-order valence-electron chi connectivity index (χ2n) is 10.4. The summed E-state index contributed by atoms with van der Waals surface area (Å²) in [5, 5.41) is 2.30. The van der Waals surface area contributed by atoms with E-state index in [2.05, 4.69) is 39.4 Å². The van der Waals surface area contributed by atoms with Crippen molar-refractivity contribution in [2.75, 3.05) is 62.3 Å². The summed E-state index contributed by atoms with van der Waals surface area (Å²) >= 11 is 0. The van der Waals surface area contributed by atoms with Crippen molar-refractivity contribution in [1.82, 2.24) is 15.1 Å². The first-order valence-corrected chi connectivity index (χ1v) is 13.3. The molecule has 3 amide bonds. The topological polar surface area (TPSA) is 85.4 Å². The number of imide groups is 1. The van der Waals surface area contributed by atoms with Crippen molar-refractivity contribution in [2.45, 2.75) is 32.0 Å². The summed E-state index contributed by atoms with van der Waals surface area (Å²) in [4.78, 5) is 45.0. The van der Waals surface area contributed by atoms with E-state index in [1.54, 1.807) is 6.07 Å². The normalized spacial score (nSPS) is 22.6. The number of nitrogens with one attached hydrogen (secondary N) is 1. The Morgan fingerprint density at radius 1 is 0.921 bits per heavy atom. The van der Waals surface area contributed by atoms with Crippen molar-refractivity contribution in [3.8, 4) is 0 Å². The molecule has 0 aromatic heterocycles.